The molecule has 0 unspecified atom stereocenters. The number of carbonyl (C=O) groups excluding carboxylic acids is 1. The molecule has 1 heterocycles. The Labute approximate surface area is 202 Å². The molecule has 1 N–H and O–H groups in total. The van der Waals surface area contributed by atoms with E-state index in [0.717, 1.165) is 18.8 Å². The van der Waals surface area contributed by atoms with Crippen LogP contribution in [0, 0.1) is 11.8 Å². The molecule has 0 saturated heterocycles. The highest BCUT2D eigenvalue weighted by Crippen LogP contribution is 2.39. The Hall–Kier alpha value is -2.42. The summed E-state index contributed by atoms with van der Waals surface area (Å²) in [5.41, 5.74) is 1.19. The lowest BCUT2D eigenvalue weighted by atomic mass is 9.83. The quantitative estimate of drug-likeness (QED) is 0.449. The molecule has 1 fully saturated rings. The molecule has 0 atom stereocenters. The van der Waals surface area contributed by atoms with Crippen LogP contribution in [0.5, 0.6) is 11.5 Å². The number of hydrogen-bond donors (Lipinski definition) is 1. The summed E-state index contributed by atoms with van der Waals surface area (Å²) >= 11 is 6.62. The molecule has 3 rings (SSSR count). The zero-order chi connectivity index (χ0) is 24.9. The van der Waals surface area contributed by atoms with Gasteiger partial charge in [0.25, 0.3) is 5.91 Å². The molecule has 34 heavy (non-hydrogen) atoms. The molecule has 1 aliphatic carbocycles. The number of halogens is 4. The van der Waals surface area contributed by atoms with E-state index in [-0.39, 0.29) is 22.4 Å². The molecular weight excluding hydrogens is 471 g/mol. The number of nitrogens with zero attached hydrogens (tertiary/aromatic N) is 2. The van der Waals surface area contributed by atoms with Gasteiger partial charge in [-0.05, 0) is 43.7 Å². The van der Waals surface area contributed by atoms with E-state index in [9.17, 15) is 18.0 Å². The standard InChI is InChI=1S/C24H31ClF3N3O3/c1-4-31-22(18-10-9-17(13-19(18)33-3)34-12-11-24(26,27)28)20(25)21(30-31)23(32)29-14-16-7-5-15(2)6-8-16/h9-10,13,15-16H,4-8,11-12,14H2,1-3H3,(H,29,32). The van der Waals surface area contributed by atoms with E-state index < -0.39 is 19.2 Å². The van der Waals surface area contributed by atoms with Gasteiger partial charge in [0.2, 0.25) is 0 Å². The third kappa shape index (κ3) is 6.58. The highest BCUT2D eigenvalue weighted by atomic mass is 35.5. The molecule has 1 aliphatic rings. The average Bonchev–Trinajstić information content (AvgIpc) is 3.13. The van der Waals surface area contributed by atoms with E-state index in [1.165, 1.54) is 26.0 Å². The maximum atomic E-state index is 12.9. The molecule has 0 radical (unpaired) electrons. The van der Waals surface area contributed by atoms with Crippen LogP contribution in [0.1, 0.15) is 56.4 Å². The molecule has 1 saturated carbocycles. The Morgan fingerprint density at radius 1 is 1.26 bits per heavy atom. The van der Waals surface area contributed by atoms with Gasteiger partial charge in [0.15, 0.2) is 5.69 Å². The number of alkyl halides is 3. The fourth-order valence-electron chi connectivity index (χ4n) is 4.17. The lowest BCUT2D eigenvalue weighted by Crippen LogP contribution is -2.31. The highest BCUT2D eigenvalue weighted by molar-refractivity contribution is 6.36. The number of carbonyl (C=O) groups is 1. The molecule has 1 amide bonds. The van der Waals surface area contributed by atoms with Crippen LogP contribution in [0.3, 0.4) is 0 Å². The molecule has 2 aromatic rings. The van der Waals surface area contributed by atoms with E-state index in [2.05, 4.69) is 17.3 Å². The van der Waals surface area contributed by atoms with Crippen molar-refractivity contribution in [1.29, 1.82) is 0 Å². The van der Waals surface area contributed by atoms with Gasteiger partial charge >= 0.3 is 6.18 Å². The molecule has 6 nitrogen and oxygen atoms in total. The molecule has 10 heteroatoms. The van der Waals surface area contributed by atoms with Gasteiger partial charge in [0.05, 0.1) is 30.9 Å². The third-order valence-corrected chi connectivity index (χ3v) is 6.54. The smallest absolute Gasteiger partial charge is 0.392 e. The van der Waals surface area contributed by atoms with Gasteiger partial charge in [0.1, 0.15) is 11.5 Å². The number of rotatable bonds is 9. The van der Waals surface area contributed by atoms with Crippen molar-refractivity contribution in [1.82, 2.24) is 15.1 Å². The predicted octanol–water partition coefficient (Wildman–Crippen LogP) is 6.12. The Balaban J connectivity index is 1.78. The Bertz CT molecular complexity index is 986. The fraction of sp³-hybridized carbons (Fsp3) is 0.583. The molecule has 0 bridgehead atoms. The fourth-order valence-corrected chi connectivity index (χ4v) is 4.49. The van der Waals surface area contributed by atoms with Gasteiger partial charge in [0, 0.05) is 24.7 Å². The van der Waals surface area contributed by atoms with E-state index in [0.29, 0.717) is 36.0 Å². The van der Waals surface area contributed by atoms with Crippen molar-refractivity contribution >= 4 is 17.5 Å². The number of ether oxygens (including phenoxy) is 2. The van der Waals surface area contributed by atoms with Gasteiger partial charge in [-0.15, -0.1) is 0 Å². The Morgan fingerprint density at radius 2 is 1.97 bits per heavy atom. The summed E-state index contributed by atoms with van der Waals surface area (Å²) in [7, 11) is 1.44. The van der Waals surface area contributed by atoms with E-state index in [1.807, 2.05) is 6.92 Å². The highest BCUT2D eigenvalue weighted by Gasteiger charge is 2.28. The van der Waals surface area contributed by atoms with Crippen molar-refractivity contribution in [2.75, 3.05) is 20.3 Å². The normalized spacial score (nSPS) is 18.6. The lowest BCUT2D eigenvalue weighted by molar-refractivity contribution is -0.139. The second-order valence-corrected chi connectivity index (χ2v) is 9.12. The SMILES string of the molecule is CCn1nc(C(=O)NCC2CCC(C)CC2)c(Cl)c1-c1ccc(OCCC(F)(F)F)cc1OC. The van der Waals surface area contributed by atoms with Gasteiger partial charge in [-0.25, -0.2) is 0 Å². The number of amides is 1. The predicted molar refractivity (Wildman–Crippen MR) is 125 cm³/mol. The molecular formula is C24H31ClF3N3O3. The molecule has 188 valence electrons. The summed E-state index contributed by atoms with van der Waals surface area (Å²) in [6, 6.07) is 4.68. The van der Waals surface area contributed by atoms with E-state index in [1.54, 1.807) is 16.8 Å². The number of benzene rings is 1. The van der Waals surface area contributed by atoms with Crippen LogP contribution in [0.15, 0.2) is 18.2 Å². The van der Waals surface area contributed by atoms with Crippen LogP contribution >= 0.6 is 11.6 Å². The minimum Gasteiger partial charge on any atom is -0.496 e. The van der Waals surface area contributed by atoms with Crippen molar-refractivity contribution in [3.63, 3.8) is 0 Å². The van der Waals surface area contributed by atoms with Crippen LogP contribution in [0.4, 0.5) is 13.2 Å². The van der Waals surface area contributed by atoms with Crippen LogP contribution in [0.2, 0.25) is 5.02 Å². The summed E-state index contributed by atoms with van der Waals surface area (Å²) in [5.74, 6) is 1.45. The molecule has 0 aliphatic heterocycles. The molecule has 1 aromatic carbocycles. The topological polar surface area (TPSA) is 65.4 Å². The third-order valence-electron chi connectivity index (χ3n) is 6.18. The summed E-state index contributed by atoms with van der Waals surface area (Å²) in [6.07, 6.45) is -0.810. The first kappa shape index (κ1) is 26.2. The van der Waals surface area contributed by atoms with E-state index in [4.69, 9.17) is 21.1 Å². The van der Waals surface area contributed by atoms with Crippen molar-refractivity contribution in [2.45, 2.75) is 58.7 Å². The van der Waals surface area contributed by atoms with Crippen LogP contribution in [-0.2, 0) is 6.54 Å². The summed E-state index contributed by atoms with van der Waals surface area (Å²) in [4.78, 5) is 12.9. The van der Waals surface area contributed by atoms with Gasteiger partial charge in [-0.1, -0.05) is 31.4 Å². The minimum absolute atomic E-state index is 0.134. The maximum absolute atomic E-state index is 12.9. The number of nitrogens with one attached hydrogen (secondary N) is 1. The maximum Gasteiger partial charge on any atom is 0.392 e. The lowest BCUT2D eigenvalue weighted by Gasteiger charge is -2.26. The Morgan fingerprint density at radius 3 is 2.59 bits per heavy atom. The number of methoxy groups -OCH3 is 1. The zero-order valence-electron chi connectivity index (χ0n) is 19.7. The first-order chi connectivity index (χ1) is 16.1. The molecule has 1 aromatic heterocycles. The molecule has 0 spiro atoms. The second kappa shape index (κ2) is 11.3. The monoisotopic (exact) mass is 501 g/mol. The van der Waals surface area contributed by atoms with E-state index >= 15 is 0 Å². The van der Waals surface area contributed by atoms with Crippen molar-refractivity contribution in [2.24, 2.45) is 11.8 Å². The first-order valence-corrected chi connectivity index (χ1v) is 11.9. The number of aryl methyl sites for hydroxylation is 1. The van der Waals surface area contributed by atoms with Crippen molar-refractivity contribution in [3.05, 3.63) is 28.9 Å². The van der Waals surface area contributed by atoms with Crippen LogP contribution in [-0.4, -0.2) is 42.1 Å². The summed E-state index contributed by atoms with van der Waals surface area (Å²) < 4.78 is 49.5. The number of hydrogen-bond acceptors (Lipinski definition) is 4. The second-order valence-electron chi connectivity index (χ2n) is 8.74. The van der Waals surface area contributed by atoms with Crippen molar-refractivity contribution in [3.8, 4) is 22.8 Å². The zero-order valence-corrected chi connectivity index (χ0v) is 20.4. The van der Waals surface area contributed by atoms with Crippen LogP contribution in [0.25, 0.3) is 11.3 Å². The van der Waals surface area contributed by atoms with Gasteiger partial charge < -0.3 is 14.8 Å². The Kier molecular flexibility index (Phi) is 8.73. The summed E-state index contributed by atoms with van der Waals surface area (Å²) in [5, 5.41) is 7.58. The van der Waals surface area contributed by atoms with Crippen molar-refractivity contribution < 1.29 is 27.4 Å². The first-order valence-electron chi connectivity index (χ1n) is 11.5. The minimum atomic E-state index is -4.29. The van der Waals surface area contributed by atoms with Crippen LogP contribution < -0.4 is 14.8 Å². The summed E-state index contributed by atoms with van der Waals surface area (Å²) in [6.45, 7) is 4.67. The van der Waals surface area contributed by atoms with Gasteiger partial charge in [-0.3, -0.25) is 9.48 Å². The largest absolute Gasteiger partial charge is 0.496 e. The van der Waals surface area contributed by atoms with Gasteiger partial charge in [-0.2, -0.15) is 18.3 Å². The average molecular weight is 502 g/mol. The number of aromatic nitrogens is 2.